The smallest absolute Gasteiger partial charge is 0.379 e. The Morgan fingerprint density at radius 1 is 1.04 bits per heavy atom. The second kappa shape index (κ2) is 8.53. The average molecular weight is 411 g/mol. The second-order valence-electron chi connectivity index (χ2n) is 7.68. The van der Waals surface area contributed by atoms with Crippen molar-refractivity contribution in [2.75, 3.05) is 45.9 Å². The largest absolute Gasteiger partial charge is 0.416 e. The van der Waals surface area contributed by atoms with E-state index in [0.29, 0.717) is 5.92 Å². The number of ether oxygens (including phenoxy) is 1. The minimum atomic E-state index is -4.30. The summed E-state index contributed by atoms with van der Waals surface area (Å²) in [4.78, 5) is 6.08. The summed E-state index contributed by atoms with van der Waals surface area (Å²) >= 11 is 1.73. The third-order valence-corrected chi connectivity index (χ3v) is 6.58. The van der Waals surface area contributed by atoms with E-state index >= 15 is 0 Å². The van der Waals surface area contributed by atoms with Crippen molar-refractivity contribution in [2.24, 2.45) is 5.92 Å². The van der Waals surface area contributed by atoms with Gasteiger partial charge in [0.2, 0.25) is 0 Å². The van der Waals surface area contributed by atoms with Gasteiger partial charge in [0.15, 0.2) is 0 Å². The van der Waals surface area contributed by atoms with E-state index in [0.717, 1.165) is 58.0 Å². The highest BCUT2D eigenvalue weighted by atomic mass is 32.1. The molecule has 3 heterocycles. The van der Waals surface area contributed by atoms with E-state index in [4.69, 9.17) is 4.74 Å². The Bertz CT molecular complexity index is 759. The van der Waals surface area contributed by atoms with Crippen LogP contribution in [0.1, 0.15) is 21.9 Å². The Kier molecular flexibility index (Phi) is 6.06. The van der Waals surface area contributed by atoms with E-state index < -0.39 is 11.7 Å². The summed E-state index contributed by atoms with van der Waals surface area (Å²) in [7, 11) is 0. The van der Waals surface area contributed by atoms with E-state index in [-0.39, 0.29) is 5.92 Å². The summed E-state index contributed by atoms with van der Waals surface area (Å²) < 4.78 is 45.1. The SMILES string of the molecule is FC(F)(F)c1cccc(C2CN(Cc3cccs3)CC2CN2CCOCC2)c1. The molecule has 2 unspecified atom stereocenters. The summed E-state index contributed by atoms with van der Waals surface area (Å²) in [5.74, 6) is 0.437. The molecule has 0 amide bonds. The molecule has 0 spiro atoms. The molecule has 3 nitrogen and oxygen atoms in total. The van der Waals surface area contributed by atoms with Gasteiger partial charge in [-0.2, -0.15) is 13.2 Å². The number of hydrogen-bond acceptors (Lipinski definition) is 4. The van der Waals surface area contributed by atoms with Crippen LogP contribution in [0.2, 0.25) is 0 Å². The zero-order valence-corrected chi connectivity index (χ0v) is 16.5. The van der Waals surface area contributed by atoms with Crippen molar-refractivity contribution in [2.45, 2.75) is 18.6 Å². The monoisotopic (exact) mass is 410 g/mol. The minimum absolute atomic E-state index is 0.116. The third-order valence-electron chi connectivity index (χ3n) is 5.71. The van der Waals surface area contributed by atoms with Gasteiger partial charge in [0.05, 0.1) is 18.8 Å². The fourth-order valence-corrected chi connectivity index (χ4v) is 5.08. The predicted molar refractivity (Wildman–Crippen MR) is 105 cm³/mol. The van der Waals surface area contributed by atoms with E-state index in [1.807, 2.05) is 12.1 Å². The molecule has 0 radical (unpaired) electrons. The van der Waals surface area contributed by atoms with E-state index in [1.54, 1.807) is 17.4 Å². The standard InChI is InChI=1S/C21H25F3N2OS/c22-21(23,24)18-4-1-3-16(11-18)20-15-26(14-19-5-2-10-28-19)13-17(20)12-25-6-8-27-9-7-25/h1-5,10-11,17,20H,6-9,12-15H2. The maximum Gasteiger partial charge on any atom is 0.416 e. The second-order valence-corrected chi connectivity index (χ2v) is 8.71. The number of alkyl halides is 3. The molecule has 2 saturated heterocycles. The van der Waals surface area contributed by atoms with Crippen LogP contribution in [0, 0.1) is 5.92 Å². The summed E-state index contributed by atoms with van der Waals surface area (Å²) in [5, 5.41) is 2.07. The van der Waals surface area contributed by atoms with Gasteiger partial charge in [-0.1, -0.05) is 24.3 Å². The maximum absolute atomic E-state index is 13.2. The molecule has 152 valence electrons. The van der Waals surface area contributed by atoms with Gasteiger partial charge in [0, 0.05) is 50.1 Å². The van der Waals surface area contributed by atoms with Crippen LogP contribution in [0.15, 0.2) is 41.8 Å². The molecular formula is C21H25F3N2OS. The fourth-order valence-electron chi connectivity index (χ4n) is 4.34. The number of likely N-dealkylation sites (tertiary alicyclic amines) is 1. The average Bonchev–Trinajstić information content (AvgIpc) is 3.32. The number of hydrogen-bond donors (Lipinski definition) is 0. The molecule has 4 rings (SSSR count). The van der Waals surface area contributed by atoms with E-state index in [2.05, 4.69) is 21.2 Å². The van der Waals surface area contributed by atoms with Gasteiger partial charge in [-0.15, -0.1) is 11.3 Å². The molecular weight excluding hydrogens is 385 g/mol. The summed E-state index contributed by atoms with van der Waals surface area (Å²) in [6.07, 6.45) is -4.30. The number of rotatable bonds is 5. The Morgan fingerprint density at radius 3 is 2.57 bits per heavy atom. The van der Waals surface area contributed by atoms with Gasteiger partial charge < -0.3 is 4.74 Å². The van der Waals surface area contributed by atoms with Crippen molar-refractivity contribution in [1.29, 1.82) is 0 Å². The fraction of sp³-hybridized carbons (Fsp3) is 0.524. The molecule has 0 N–H and O–H groups in total. The third kappa shape index (κ3) is 4.76. The summed E-state index contributed by atoms with van der Waals surface area (Å²) in [6, 6.07) is 10.1. The quantitative estimate of drug-likeness (QED) is 0.730. The normalized spacial score (nSPS) is 24.7. The van der Waals surface area contributed by atoms with Crippen LogP contribution in [0.3, 0.4) is 0 Å². The first-order valence-corrected chi connectivity index (χ1v) is 10.6. The topological polar surface area (TPSA) is 15.7 Å². The Labute approximate surface area is 167 Å². The summed E-state index contributed by atoms with van der Waals surface area (Å²) in [5.41, 5.74) is 0.258. The molecule has 2 atom stereocenters. The van der Waals surface area contributed by atoms with Crippen molar-refractivity contribution < 1.29 is 17.9 Å². The van der Waals surface area contributed by atoms with Crippen molar-refractivity contribution in [1.82, 2.24) is 9.80 Å². The predicted octanol–water partition coefficient (Wildman–Crippen LogP) is 4.31. The molecule has 28 heavy (non-hydrogen) atoms. The first-order valence-electron chi connectivity index (χ1n) is 9.71. The molecule has 0 aliphatic carbocycles. The molecule has 0 bridgehead atoms. The highest BCUT2D eigenvalue weighted by Crippen LogP contribution is 2.37. The van der Waals surface area contributed by atoms with Crippen LogP contribution in [-0.2, 0) is 17.5 Å². The van der Waals surface area contributed by atoms with Crippen molar-refractivity contribution in [3.8, 4) is 0 Å². The van der Waals surface area contributed by atoms with Crippen LogP contribution in [0.5, 0.6) is 0 Å². The Morgan fingerprint density at radius 2 is 1.86 bits per heavy atom. The zero-order chi connectivity index (χ0) is 19.6. The van der Waals surface area contributed by atoms with Crippen molar-refractivity contribution >= 4 is 11.3 Å². The van der Waals surface area contributed by atoms with Crippen LogP contribution in [0.25, 0.3) is 0 Å². The van der Waals surface area contributed by atoms with Gasteiger partial charge in [-0.05, 0) is 29.0 Å². The highest BCUT2D eigenvalue weighted by Gasteiger charge is 2.37. The number of morpholine rings is 1. The molecule has 2 aromatic rings. The Balaban J connectivity index is 1.54. The van der Waals surface area contributed by atoms with Crippen molar-refractivity contribution in [3.63, 3.8) is 0 Å². The minimum Gasteiger partial charge on any atom is -0.379 e. The van der Waals surface area contributed by atoms with E-state index in [9.17, 15) is 13.2 Å². The number of halogens is 3. The molecule has 1 aromatic carbocycles. The van der Waals surface area contributed by atoms with Crippen LogP contribution in [-0.4, -0.2) is 55.7 Å². The lowest BCUT2D eigenvalue weighted by Gasteiger charge is -2.31. The lowest BCUT2D eigenvalue weighted by molar-refractivity contribution is -0.137. The lowest BCUT2D eigenvalue weighted by Crippen LogP contribution is -2.40. The summed E-state index contributed by atoms with van der Waals surface area (Å²) in [6.45, 7) is 6.76. The van der Waals surface area contributed by atoms with Gasteiger partial charge in [0.1, 0.15) is 0 Å². The zero-order valence-electron chi connectivity index (χ0n) is 15.7. The highest BCUT2D eigenvalue weighted by molar-refractivity contribution is 7.09. The van der Waals surface area contributed by atoms with Gasteiger partial charge in [0.25, 0.3) is 0 Å². The van der Waals surface area contributed by atoms with Crippen molar-refractivity contribution in [3.05, 3.63) is 57.8 Å². The molecule has 2 fully saturated rings. The molecule has 2 aliphatic rings. The van der Waals surface area contributed by atoms with Crippen LogP contribution >= 0.6 is 11.3 Å². The maximum atomic E-state index is 13.2. The van der Waals surface area contributed by atoms with E-state index in [1.165, 1.54) is 17.0 Å². The molecule has 7 heteroatoms. The lowest BCUT2D eigenvalue weighted by atomic mass is 9.87. The van der Waals surface area contributed by atoms with Gasteiger partial charge in [-0.25, -0.2) is 0 Å². The first-order chi connectivity index (χ1) is 13.5. The van der Waals surface area contributed by atoms with Gasteiger partial charge >= 0.3 is 6.18 Å². The van der Waals surface area contributed by atoms with Crippen LogP contribution < -0.4 is 0 Å². The van der Waals surface area contributed by atoms with Gasteiger partial charge in [-0.3, -0.25) is 9.80 Å². The molecule has 0 saturated carbocycles. The molecule has 1 aromatic heterocycles. The number of thiophene rings is 1. The Hall–Kier alpha value is -1.41. The molecule has 2 aliphatic heterocycles. The number of benzene rings is 1. The number of nitrogens with zero attached hydrogens (tertiary/aromatic N) is 2. The van der Waals surface area contributed by atoms with Crippen LogP contribution in [0.4, 0.5) is 13.2 Å². The first kappa shape index (κ1) is 19.9.